The molecule has 0 aromatic heterocycles. The van der Waals surface area contributed by atoms with Gasteiger partial charge in [0.25, 0.3) is 0 Å². The molecule has 1 saturated heterocycles. The molecule has 3 rings (SSSR count). The molecule has 0 saturated carbocycles. The number of sulfonamides is 1. The van der Waals surface area contributed by atoms with Gasteiger partial charge in [0.2, 0.25) is 15.9 Å². The molecule has 1 aliphatic heterocycles. The third kappa shape index (κ3) is 6.16. The van der Waals surface area contributed by atoms with Gasteiger partial charge in [0.1, 0.15) is 10.6 Å². The molecule has 2 aromatic carbocycles. The summed E-state index contributed by atoms with van der Waals surface area (Å²) in [6.07, 6.45) is 4.06. The Bertz CT molecular complexity index is 1020. The van der Waals surface area contributed by atoms with E-state index in [0.29, 0.717) is 18.7 Å². The molecular weight excluding hydrogens is 414 g/mol. The van der Waals surface area contributed by atoms with Gasteiger partial charge >= 0.3 is 0 Å². The van der Waals surface area contributed by atoms with Crippen LogP contribution in [0.15, 0.2) is 59.5 Å². The van der Waals surface area contributed by atoms with E-state index in [4.69, 9.17) is 4.74 Å². The van der Waals surface area contributed by atoms with Crippen molar-refractivity contribution in [1.29, 1.82) is 0 Å². The van der Waals surface area contributed by atoms with Gasteiger partial charge in [-0.05, 0) is 42.8 Å². The van der Waals surface area contributed by atoms with Crippen molar-refractivity contribution in [2.75, 3.05) is 40.3 Å². The zero-order chi connectivity index (χ0) is 22.3. The van der Waals surface area contributed by atoms with Gasteiger partial charge in [-0.2, -0.15) is 0 Å². The number of benzene rings is 2. The van der Waals surface area contributed by atoms with Crippen LogP contribution in [-0.2, 0) is 21.4 Å². The summed E-state index contributed by atoms with van der Waals surface area (Å²) in [7, 11) is -0.901. The molecule has 166 valence electrons. The number of methoxy groups -OCH3 is 1. The largest absolute Gasteiger partial charge is 0.495 e. The van der Waals surface area contributed by atoms with Crippen LogP contribution in [0.2, 0.25) is 0 Å². The van der Waals surface area contributed by atoms with Crippen LogP contribution in [0.25, 0.3) is 6.08 Å². The number of nitrogens with one attached hydrogen (secondary N) is 1. The number of hydrogen-bond donors (Lipinski definition) is 1. The van der Waals surface area contributed by atoms with E-state index < -0.39 is 10.0 Å². The number of amides is 1. The Labute approximate surface area is 184 Å². The molecule has 1 N–H and O–H groups in total. The van der Waals surface area contributed by atoms with Gasteiger partial charge in [-0.1, -0.05) is 36.4 Å². The van der Waals surface area contributed by atoms with E-state index in [9.17, 15) is 13.2 Å². The second-order valence-electron chi connectivity index (χ2n) is 7.39. The Morgan fingerprint density at radius 3 is 2.58 bits per heavy atom. The predicted octanol–water partition coefficient (Wildman–Crippen LogP) is 2.35. The van der Waals surface area contributed by atoms with Gasteiger partial charge in [-0.25, -0.2) is 13.1 Å². The minimum atomic E-state index is -3.67. The van der Waals surface area contributed by atoms with Crippen molar-refractivity contribution < 1.29 is 17.9 Å². The second kappa shape index (κ2) is 10.6. The summed E-state index contributed by atoms with van der Waals surface area (Å²) < 4.78 is 31.9. The Morgan fingerprint density at radius 1 is 1.10 bits per heavy atom. The Kier molecular flexibility index (Phi) is 7.84. The van der Waals surface area contributed by atoms with Gasteiger partial charge in [0.05, 0.1) is 7.11 Å². The first-order chi connectivity index (χ1) is 14.9. The summed E-state index contributed by atoms with van der Waals surface area (Å²) in [5.41, 5.74) is 1.89. The highest BCUT2D eigenvalue weighted by atomic mass is 32.2. The molecule has 1 fully saturated rings. The van der Waals surface area contributed by atoms with Crippen molar-refractivity contribution in [2.24, 2.45) is 0 Å². The van der Waals surface area contributed by atoms with E-state index >= 15 is 0 Å². The van der Waals surface area contributed by atoms with Crippen LogP contribution in [0.5, 0.6) is 5.75 Å². The minimum absolute atomic E-state index is 0.0402. The molecule has 1 aliphatic rings. The van der Waals surface area contributed by atoms with Gasteiger partial charge in [-0.15, -0.1) is 0 Å². The summed E-state index contributed by atoms with van der Waals surface area (Å²) in [6.45, 7) is 4.02. The van der Waals surface area contributed by atoms with Crippen molar-refractivity contribution in [1.82, 2.24) is 14.5 Å². The molecule has 0 unspecified atom stereocenters. The zero-order valence-corrected chi connectivity index (χ0v) is 18.8. The first kappa shape index (κ1) is 23.0. The molecule has 2 aromatic rings. The lowest BCUT2D eigenvalue weighted by atomic mass is 10.2. The maximum Gasteiger partial charge on any atom is 0.246 e. The molecule has 0 bridgehead atoms. The number of carbonyl (C=O) groups is 1. The maximum atomic E-state index is 12.7. The van der Waals surface area contributed by atoms with Gasteiger partial charge in [0, 0.05) is 38.8 Å². The average molecular weight is 444 g/mol. The smallest absolute Gasteiger partial charge is 0.246 e. The Morgan fingerprint density at radius 2 is 1.87 bits per heavy atom. The fourth-order valence-corrected chi connectivity index (χ4v) is 4.51. The van der Waals surface area contributed by atoms with E-state index in [1.807, 2.05) is 23.1 Å². The highest BCUT2D eigenvalue weighted by Gasteiger charge is 2.19. The molecular formula is C23H29N3O4S. The van der Waals surface area contributed by atoms with Crippen molar-refractivity contribution in [3.05, 3.63) is 65.7 Å². The second-order valence-corrected chi connectivity index (χ2v) is 9.25. The summed E-state index contributed by atoms with van der Waals surface area (Å²) in [6, 6.07) is 15.1. The highest BCUT2D eigenvalue weighted by Crippen LogP contribution is 2.25. The van der Waals surface area contributed by atoms with Crippen LogP contribution < -0.4 is 9.46 Å². The molecule has 7 nitrogen and oxygen atoms in total. The number of hydrogen-bond acceptors (Lipinski definition) is 5. The van der Waals surface area contributed by atoms with Crippen molar-refractivity contribution in [2.45, 2.75) is 17.9 Å². The monoisotopic (exact) mass is 443 g/mol. The summed E-state index contributed by atoms with van der Waals surface area (Å²) >= 11 is 0. The van der Waals surface area contributed by atoms with E-state index in [1.165, 1.54) is 31.9 Å². The lowest BCUT2D eigenvalue weighted by Crippen LogP contribution is -2.34. The van der Waals surface area contributed by atoms with E-state index in [2.05, 4.69) is 21.8 Å². The fourth-order valence-electron chi connectivity index (χ4n) is 3.58. The number of carbonyl (C=O) groups excluding carboxylic acids is 1. The SMILES string of the molecule is CNS(=O)(=O)c1cc(/C=C/C(=O)N2CCCN(Cc3ccccc3)CC2)ccc1OC. The highest BCUT2D eigenvalue weighted by molar-refractivity contribution is 7.89. The number of nitrogens with zero attached hydrogens (tertiary/aromatic N) is 2. The third-order valence-corrected chi connectivity index (χ3v) is 6.75. The van der Waals surface area contributed by atoms with Crippen LogP contribution in [0.3, 0.4) is 0 Å². The number of ether oxygens (including phenoxy) is 1. The Balaban J connectivity index is 1.64. The minimum Gasteiger partial charge on any atom is -0.495 e. The third-order valence-electron chi connectivity index (χ3n) is 5.31. The molecule has 0 spiro atoms. The quantitative estimate of drug-likeness (QED) is 0.665. The van der Waals surface area contributed by atoms with Crippen molar-refractivity contribution in [3.8, 4) is 5.75 Å². The van der Waals surface area contributed by atoms with E-state index in [-0.39, 0.29) is 16.6 Å². The number of rotatable bonds is 7. The van der Waals surface area contributed by atoms with Crippen LogP contribution in [-0.4, -0.2) is 64.5 Å². The van der Waals surface area contributed by atoms with Crippen LogP contribution in [0.1, 0.15) is 17.5 Å². The van der Waals surface area contributed by atoms with E-state index in [1.54, 1.807) is 18.2 Å². The lowest BCUT2D eigenvalue weighted by molar-refractivity contribution is -0.125. The first-order valence-corrected chi connectivity index (χ1v) is 11.8. The standard InChI is InChI=1S/C23H29N3O4S/c1-24-31(28,29)22-17-19(9-11-21(22)30-2)10-12-23(27)26-14-6-13-25(15-16-26)18-20-7-4-3-5-8-20/h3-5,7-12,17,24H,6,13-16,18H2,1-2H3/b12-10+. The van der Waals surface area contributed by atoms with Crippen molar-refractivity contribution in [3.63, 3.8) is 0 Å². The molecule has 31 heavy (non-hydrogen) atoms. The molecule has 0 atom stereocenters. The van der Waals surface area contributed by atoms with Crippen LogP contribution in [0, 0.1) is 0 Å². The Hall–Kier alpha value is -2.68. The molecule has 1 heterocycles. The summed E-state index contributed by atoms with van der Waals surface area (Å²) in [4.78, 5) is 17.0. The fraction of sp³-hybridized carbons (Fsp3) is 0.348. The zero-order valence-electron chi connectivity index (χ0n) is 18.0. The van der Waals surface area contributed by atoms with Gasteiger partial charge in [-0.3, -0.25) is 9.69 Å². The normalized spacial score (nSPS) is 15.7. The summed E-state index contributed by atoms with van der Waals surface area (Å²) in [5.74, 6) is 0.180. The summed E-state index contributed by atoms with van der Waals surface area (Å²) in [5, 5.41) is 0. The molecule has 8 heteroatoms. The molecule has 0 radical (unpaired) electrons. The van der Waals surface area contributed by atoms with Crippen molar-refractivity contribution >= 4 is 22.0 Å². The lowest BCUT2D eigenvalue weighted by Gasteiger charge is -2.21. The average Bonchev–Trinajstić information content (AvgIpc) is 3.03. The maximum absolute atomic E-state index is 12.7. The van der Waals surface area contributed by atoms with Gasteiger partial charge < -0.3 is 9.64 Å². The van der Waals surface area contributed by atoms with Gasteiger partial charge in [0.15, 0.2) is 0 Å². The van der Waals surface area contributed by atoms with Crippen LogP contribution >= 0.6 is 0 Å². The first-order valence-electron chi connectivity index (χ1n) is 10.3. The van der Waals surface area contributed by atoms with Crippen LogP contribution in [0.4, 0.5) is 0 Å². The molecule has 0 aliphatic carbocycles. The molecule has 1 amide bonds. The topological polar surface area (TPSA) is 79.0 Å². The predicted molar refractivity (Wildman–Crippen MR) is 121 cm³/mol. The van der Waals surface area contributed by atoms with E-state index in [0.717, 1.165) is 26.1 Å².